The fourth-order valence-electron chi connectivity index (χ4n) is 2.12. The molecule has 1 heterocycles. The van der Waals surface area contributed by atoms with Crippen LogP contribution in [0.5, 0.6) is 0 Å². The van der Waals surface area contributed by atoms with Gasteiger partial charge in [-0.05, 0) is 31.4 Å². The number of fused-ring (bicyclic) bond motifs is 1. The molecule has 4 nitrogen and oxygen atoms in total. The number of nitrogens with zero attached hydrogens (tertiary/aromatic N) is 1. The Morgan fingerprint density at radius 2 is 1.79 bits per heavy atom. The second-order valence-corrected chi connectivity index (χ2v) is 4.26. The van der Waals surface area contributed by atoms with Crippen molar-refractivity contribution >= 4 is 10.8 Å². The van der Waals surface area contributed by atoms with Gasteiger partial charge in [0.1, 0.15) is 0 Å². The van der Waals surface area contributed by atoms with Crippen LogP contribution < -0.4 is 5.56 Å². The summed E-state index contributed by atoms with van der Waals surface area (Å²) in [4.78, 5) is 12.3. The Kier molecular flexibility index (Phi) is 4.35. The molecule has 1 aromatic carbocycles. The molecule has 2 aromatic rings. The van der Waals surface area contributed by atoms with Crippen molar-refractivity contribution in [2.75, 3.05) is 13.2 Å². The Morgan fingerprint density at radius 3 is 2.42 bits per heavy atom. The second-order valence-electron chi connectivity index (χ2n) is 4.26. The van der Waals surface area contributed by atoms with Crippen LogP contribution in [-0.4, -0.2) is 17.8 Å². The average molecular weight is 261 g/mol. The lowest BCUT2D eigenvalue weighted by molar-refractivity contribution is -0.144. The largest absolute Gasteiger partial charge is 0.347 e. The van der Waals surface area contributed by atoms with E-state index in [4.69, 9.17) is 9.47 Å². The van der Waals surface area contributed by atoms with E-state index in [1.54, 1.807) is 11.6 Å². The fraction of sp³-hybridized carbons (Fsp3) is 0.400. The first-order valence-electron chi connectivity index (χ1n) is 6.50. The molecule has 0 bridgehead atoms. The van der Waals surface area contributed by atoms with Crippen LogP contribution in [0.3, 0.4) is 0 Å². The van der Waals surface area contributed by atoms with Crippen LogP contribution in [0.25, 0.3) is 10.8 Å². The molecule has 1 aromatic heterocycles. The minimum atomic E-state index is -0.502. The summed E-state index contributed by atoms with van der Waals surface area (Å²) in [5.74, 6) is 0. The van der Waals surface area contributed by atoms with Gasteiger partial charge < -0.3 is 14.0 Å². The predicted molar refractivity (Wildman–Crippen MR) is 75.2 cm³/mol. The number of ether oxygens (including phenoxy) is 2. The van der Waals surface area contributed by atoms with E-state index < -0.39 is 6.29 Å². The SMILES string of the molecule is CCOC(OCC)c1cc2ccccc2c(=O)n1C. The molecule has 0 spiro atoms. The number of aromatic nitrogens is 1. The minimum absolute atomic E-state index is 0.0301. The minimum Gasteiger partial charge on any atom is -0.347 e. The molecular formula is C15H19NO3. The first-order chi connectivity index (χ1) is 9.19. The van der Waals surface area contributed by atoms with Gasteiger partial charge in [-0.25, -0.2) is 0 Å². The first kappa shape index (κ1) is 13.8. The maximum Gasteiger partial charge on any atom is 0.258 e. The van der Waals surface area contributed by atoms with E-state index in [1.165, 1.54) is 0 Å². The van der Waals surface area contributed by atoms with E-state index in [1.807, 2.05) is 44.2 Å². The van der Waals surface area contributed by atoms with E-state index in [9.17, 15) is 4.79 Å². The van der Waals surface area contributed by atoms with Crippen molar-refractivity contribution in [3.63, 3.8) is 0 Å². The standard InChI is InChI=1S/C15H19NO3/c1-4-18-15(19-5-2)13-10-11-8-6-7-9-12(11)14(17)16(13)3/h6-10,15H,4-5H2,1-3H3. The molecule has 102 valence electrons. The van der Waals surface area contributed by atoms with Crippen molar-refractivity contribution in [2.45, 2.75) is 20.1 Å². The van der Waals surface area contributed by atoms with E-state index in [2.05, 4.69) is 0 Å². The summed E-state index contributed by atoms with van der Waals surface area (Å²) in [6, 6.07) is 9.49. The summed E-state index contributed by atoms with van der Waals surface area (Å²) < 4.78 is 12.7. The molecule has 0 aliphatic rings. The van der Waals surface area contributed by atoms with Crippen LogP contribution in [0.1, 0.15) is 25.8 Å². The van der Waals surface area contributed by atoms with Gasteiger partial charge in [0.15, 0.2) is 6.29 Å². The zero-order valence-corrected chi connectivity index (χ0v) is 11.6. The summed E-state index contributed by atoms with van der Waals surface area (Å²) in [6.07, 6.45) is -0.502. The molecule has 0 aliphatic heterocycles. The third kappa shape index (κ3) is 2.69. The van der Waals surface area contributed by atoms with Gasteiger partial charge in [0.2, 0.25) is 0 Å². The van der Waals surface area contributed by atoms with Gasteiger partial charge in [0.25, 0.3) is 5.56 Å². The van der Waals surface area contributed by atoms with Crippen LogP contribution in [0.2, 0.25) is 0 Å². The molecule has 0 saturated heterocycles. The van der Waals surface area contributed by atoms with Crippen LogP contribution in [-0.2, 0) is 16.5 Å². The molecule has 0 unspecified atom stereocenters. The summed E-state index contributed by atoms with van der Waals surface area (Å²) in [6.45, 7) is 4.88. The Labute approximate surface area is 112 Å². The molecule has 0 saturated carbocycles. The van der Waals surface area contributed by atoms with Gasteiger partial charge >= 0.3 is 0 Å². The Balaban J connectivity index is 2.59. The number of hydrogen-bond acceptors (Lipinski definition) is 3. The highest BCUT2D eigenvalue weighted by Crippen LogP contribution is 2.21. The molecule has 19 heavy (non-hydrogen) atoms. The maximum atomic E-state index is 12.3. The van der Waals surface area contributed by atoms with Crippen LogP contribution in [0, 0.1) is 0 Å². The summed E-state index contributed by atoms with van der Waals surface area (Å²) in [5.41, 5.74) is 0.713. The molecule has 0 aliphatic carbocycles. The molecule has 4 heteroatoms. The Bertz CT molecular complexity index is 612. The lowest BCUT2D eigenvalue weighted by atomic mass is 10.1. The fourth-order valence-corrected chi connectivity index (χ4v) is 2.12. The number of hydrogen-bond donors (Lipinski definition) is 0. The van der Waals surface area contributed by atoms with Gasteiger partial charge in [-0.2, -0.15) is 0 Å². The first-order valence-corrected chi connectivity index (χ1v) is 6.50. The zero-order chi connectivity index (χ0) is 13.8. The van der Waals surface area contributed by atoms with Gasteiger partial charge in [0, 0.05) is 25.6 Å². The van der Waals surface area contributed by atoms with Crippen molar-refractivity contribution < 1.29 is 9.47 Å². The predicted octanol–water partition coefficient (Wildman–Crippen LogP) is 2.61. The Hall–Kier alpha value is -1.65. The average Bonchev–Trinajstić information content (AvgIpc) is 2.43. The van der Waals surface area contributed by atoms with Gasteiger partial charge in [-0.15, -0.1) is 0 Å². The molecule has 2 rings (SSSR count). The van der Waals surface area contributed by atoms with Crippen LogP contribution in [0.4, 0.5) is 0 Å². The lowest BCUT2D eigenvalue weighted by Gasteiger charge is -2.20. The highest BCUT2D eigenvalue weighted by Gasteiger charge is 2.16. The van der Waals surface area contributed by atoms with Crippen molar-refractivity contribution in [1.82, 2.24) is 4.57 Å². The molecule has 0 atom stereocenters. The van der Waals surface area contributed by atoms with E-state index in [-0.39, 0.29) is 5.56 Å². The van der Waals surface area contributed by atoms with E-state index >= 15 is 0 Å². The van der Waals surface area contributed by atoms with Crippen molar-refractivity contribution in [3.8, 4) is 0 Å². The quantitative estimate of drug-likeness (QED) is 0.777. The van der Waals surface area contributed by atoms with Crippen molar-refractivity contribution in [3.05, 3.63) is 46.4 Å². The molecule has 0 amide bonds. The Morgan fingerprint density at radius 1 is 1.16 bits per heavy atom. The highest BCUT2D eigenvalue weighted by molar-refractivity contribution is 5.81. The van der Waals surface area contributed by atoms with E-state index in [0.29, 0.717) is 18.6 Å². The smallest absolute Gasteiger partial charge is 0.258 e. The van der Waals surface area contributed by atoms with Crippen LogP contribution in [0.15, 0.2) is 35.1 Å². The molecule has 0 radical (unpaired) electrons. The summed E-state index contributed by atoms with van der Waals surface area (Å²) >= 11 is 0. The van der Waals surface area contributed by atoms with Crippen LogP contribution >= 0.6 is 0 Å². The van der Waals surface area contributed by atoms with Crippen molar-refractivity contribution in [1.29, 1.82) is 0 Å². The third-order valence-corrected chi connectivity index (χ3v) is 3.06. The molecular weight excluding hydrogens is 242 g/mol. The van der Waals surface area contributed by atoms with Gasteiger partial charge in [-0.1, -0.05) is 18.2 Å². The number of rotatable bonds is 5. The highest BCUT2D eigenvalue weighted by atomic mass is 16.7. The lowest BCUT2D eigenvalue weighted by Crippen LogP contribution is -2.24. The summed E-state index contributed by atoms with van der Waals surface area (Å²) in [7, 11) is 1.75. The van der Waals surface area contributed by atoms with E-state index in [0.717, 1.165) is 11.1 Å². The maximum absolute atomic E-state index is 12.3. The topological polar surface area (TPSA) is 40.5 Å². The second kappa shape index (κ2) is 5.99. The molecule has 0 N–H and O–H groups in total. The van der Waals surface area contributed by atoms with Crippen molar-refractivity contribution in [2.24, 2.45) is 7.05 Å². The summed E-state index contributed by atoms with van der Waals surface area (Å²) in [5, 5.41) is 1.62. The van der Waals surface area contributed by atoms with Gasteiger partial charge in [0.05, 0.1) is 5.69 Å². The number of pyridine rings is 1. The third-order valence-electron chi connectivity index (χ3n) is 3.06. The van der Waals surface area contributed by atoms with Gasteiger partial charge in [-0.3, -0.25) is 4.79 Å². The monoisotopic (exact) mass is 261 g/mol. The normalized spacial score (nSPS) is 11.4. The zero-order valence-electron chi connectivity index (χ0n) is 11.6. The number of benzene rings is 1. The molecule has 0 fully saturated rings.